The fourth-order valence-corrected chi connectivity index (χ4v) is 1.60. The molecular weight excluding hydrogens is 287 g/mol. The van der Waals surface area contributed by atoms with E-state index >= 15 is 0 Å². The lowest BCUT2D eigenvalue weighted by molar-refractivity contribution is 0.0948. The highest BCUT2D eigenvalue weighted by Gasteiger charge is 2.13. The van der Waals surface area contributed by atoms with Gasteiger partial charge in [-0.3, -0.25) is 4.79 Å². The monoisotopic (exact) mass is 306 g/mol. The normalized spacial score (nSPS) is 9.95. The van der Waals surface area contributed by atoms with Crippen molar-refractivity contribution in [1.82, 2.24) is 10.6 Å². The van der Waals surface area contributed by atoms with Crippen molar-refractivity contribution in [3.63, 3.8) is 0 Å². The van der Waals surface area contributed by atoms with Gasteiger partial charge in [0.15, 0.2) is 0 Å². The zero-order chi connectivity index (χ0) is 13.5. The molecule has 2 N–H and O–H groups in total. The largest absolute Gasteiger partial charge is 0.490 e. The molecule has 0 aliphatic heterocycles. The minimum atomic E-state index is -0.177. The van der Waals surface area contributed by atoms with Crippen LogP contribution in [0.3, 0.4) is 0 Å². The lowest BCUT2D eigenvalue weighted by Gasteiger charge is -2.14. The number of likely N-dealkylation sites (N-methyl/N-ethyl adjacent to an activating group) is 1. The first-order valence-electron chi connectivity index (χ1n) is 5.93. The van der Waals surface area contributed by atoms with Gasteiger partial charge in [-0.15, -0.1) is 12.4 Å². The Bertz CT molecular complexity index is 412. The van der Waals surface area contributed by atoms with Gasteiger partial charge in [-0.05, 0) is 39.1 Å². The van der Waals surface area contributed by atoms with Crippen LogP contribution in [-0.4, -0.2) is 32.1 Å². The fraction of sp³-hybridized carbons (Fsp3) is 0.462. The molecule has 1 aromatic rings. The average Bonchev–Trinajstić information content (AvgIpc) is 2.31. The van der Waals surface area contributed by atoms with Gasteiger partial charge in [-0.2, -0.15) is 0 Å². The van der Waals surface area contributed by atoms with Crippen LogP contribution in [-0.2, 0) is 0 Å². The second kappa shape index (κ2) is 9.02. The maximum Gasteiger partial charge on any atom is 0.255 e. The van der Waals surface area contributed by atoms with Gasteiger partial charge in [0.05, 0.1) is 11.7 Å². The molecule has 0 aromatic heterocycles. The molecule has 19 heavy (non-hydrogen) atoms. The van der Waals surface area contributed by atoms with Crippen molar-refractivity contribution in [2.75, 3.05) is 20.1 Å². The van der Waals surface area contributed by atoms with Gasteiger partial charge in [-0.25, -0.2) is 0 Å². The van der Waals surface area contributed by atoms with Gasteiger partial charge in [0, 0.05) is 18.1 Å². The van der Waals surface area contributed by atoms with Crippen molar-refractivity contribution in [3.8, 4) is 5.75 Å². The highest BCUT2D eigenvalue weighted by molar-refractivity contribution is 6.31. The molecule has 0 aliphatic carbocycles. The zero-order valence-electron chi connectivity index (χ0n) is 11.3. The van der Waals surface area contributed by atoms with Gasteiger partial charge in [0.2, 0.25) is 0 Å². The number of carbonyl (C=O) groups excluding carboxylic acids is 1. The summed E-state index contributed by atoms with van der Waals surface area (Å²) in [5, 5.41) is 6.28. The van der Waals surface area contributed by atoms with Crippen LogP contribution in [0.4, 0.5) is 0 Å². The van der Waals surface area contributed by atoms with Gasteiger partial charge in [0.1, 0.15) is 5.75 Å². The Morgan fingerprint density at radius 3 is 2.63 bits per heavy atom. The SMILES string of the molecule is CNCCNC(=O)c1cc(Cl)ccc1OC(C)C.Cl. The van der Waals surface area contributed by atoms with Crippen molar-refractivity contribution in [1.29, 1.82) is 0 Å². The highest BCUT2D eigenvalue weighted by atomic mass is 35.5. The summed E-state index contributed by atoms with van der Waals surface area (Å²) in [4.78, 5) is 12.0. The molecule has 0 spiro atoms. The van der Waals surface area contributed by atoms with Crippen LogP contribution in [0.2, 0.25) is 5.02 Å². The predicted octanol–water partition coefficient (Wildman–Crippen LogP) is 2.50. The van der Waals surface area contributed by atoms with Crippen LogP contribution in [0.5, 0.6) is 5.75 Å². The smallest absolute Gasteiger partial charge is 0.255 e. The predicted molar refractivity (Wildman–Crippen MR) is 80.7 cm³/mol. The minimum Gasteiger partial charge on any atom is -0.490 e. The molecule has 1 aromatic carbocycles. The van der Waals surface area contributed by atoms with Crippen LogP contribution < -0.4 is 15.4 Å². The third-order valence-electron chi connectivity index (χ3n) is 2.21. The van der Waals surface area contributed by atoms with E-state index in [1.54, 1.807) is 18.2 Å². The van der Waals surface area contributed by atoms with Crippen LogP contribution in [0.1, 0.15) is 24.2 Å². The molecule has 0 radical (unpaired) electrons. The number of carbonyl (C=O) groups is 1. The first kappa shape index (κ1) is 18.0. The van der Waals surface area contributed by atoms with Crippen LogP contribution in [0, 0.1) is 0 Å². The summed E-state index contributed by atoms with van der Waals surface area (Å²) in [5.74, 6) is 0.375. The number of amides is 1. The summed E-state index contributed by atoms with van der Waals surface area (Å²) < 4.78 is 5.59. The van der Waals surface area contributed by atoms with Crippen LogP contribution in [0.15, 0.2) is 18.2 Å². The molecule has 1 amide bonds. The Morgan fingerprint density at radius 2 is 2.05 bits per heavy atom. The molecule has 0 unspecified atom stereocenters. The Morgan fingerprint density at radius 1 is 1.37 bits per heavy atom. The molecule has 6 heteroatoms. The molecular formula is C13H20Cl2N2O2. The quantitative estimate of drug-likeness (QED) is 0.794. The molecule has 0 saturated carbocycles. The molecule has 0 fully saturated rings. The van der Waals surface area contributed by atoms with Crippen molar-refractivity contribution in [2.45, 2.75) is 20.0 Å². The highest BCUT2D eigenvalue weighted by Crippen LogP contribution is 2.23. The number of hydrogen-bond acceptors (Lipinski definition) is 3. The summed E-state index contributed by atoms with van der Waals surface area (Å²) >= 11 is 5.91. The Kier molecular flexibility index (Phi) is 8.56. The summed E-state index contributed by atoms with van der Waals surface area (Å²) in [5.41, 5.74) is 0.465. The average molecular weight is 307 g/mol. The topological polar surface area (TPSA) is 50.4 Å². The first-order chi connectivity index (χ1) is 8.54. The van der Waals surface area contributed by atoms with E-state index in [9.17, 15) is 4.79 Å². The van der Waals surface area contributed by atoms with Crippen LogP contribution >= 0.6 is 24.0 Å². The Balaban J connectivity index is 0.00000324. The molecule has 4 nitrogen and oxygen atoms in total. The maximum atomic E-state index is 12.0. The summed E-state index contributed by atoms with van der Waals surface area (Å²) in [6, 6.07) is 5.05. The molecule has 0 bridgehead atoms. The number of benzene rings is 1. The van der Waals surface area contributed by atoms with Gasteiger partial charge >= 0.3 is 0 Å². The zero-order valence-corrected chi connectivity index (χ0v) is 12.9. The standard InChI is InChI=1S/C13H19ClN2O2.ClH/c1-9(2)18-12-5-4-10(14)8-11(12)13(17)16-7-6-15-3;/h4-5,8-9,15H,6-7H2,1-3H3,(H,16,17);1H. The molecule has 0 aliphatic rings. The van der Waals surface area contributed by atoms with E-state index in [1.807, 2.05) is 20.9 Å². The van der Waals surface area contributed by atoms with Crippen molar-refractivity contribution < 1.29 is 9.53 Å². The van der Waals surface area contributed by atoms with Crippen LogP contribution in [0.25, 0.3) is 0 Å². The Labute approximate surface area is 125 Å². The number of nitrogens with one attached hydrogen (secondary N) is 2. The Hall–Kier alpha value is -0.970. The van der Waals surface area contributed by atoms with Crippen molar-refractivity contribution in [3.05, 3.63) is 28.8 Å². The minimum absolute atomic E-state index is 0. The van der Waals surface area contributed by atoms with E-state index in [2.05, 4.69) is 10.6 Å². The second-order valence-corrected chi connectivity index (χ2v) is 4.60. The summed E-state index contributed by atoms with van der Waals surface area (Å²) in [7, 11) is 1.83. The fourth-order valence-electron chi connectivity index (χ4n) is 1.43. The van der Waals surface area contributed by atoms with E-state index < -0.39 is 0 Å². The summed E-state index contributed by atoms with van der Waals surface area (Å²) in [6.07, 6.45) is 0.00929. The number of rotatable bonds is 6. The van der Waals surface area contributed by atoms with Crippen molar-refractivity contribution in [2.24, 2.45) is 0 Å². The van der Waals surface area contributed by atoms with Gasteiger partial charge in [-0.1, -0.05) is 11.6 Å². The van der Waals surface area contributed by atoms with E-state index in [4.69, 9.17) is 16.3 Å². The lowest BCUT2D eigenvalue weighted by atomic mass is 10.2. The van der Waals surface area contributed by atoms with E-state index in [0.717, 1.165) is 0 Å². The lowest BCUT2D eigenvalue weighted by Crippen LogP contribution is -2.30. The number of halogens is 2. The van der Waals surface area contributed by atoms with Gasteiger partial charge in [0.25, 0.3) is 5.91 Å². The van der Waals surface area contributed by atoms with Crippen molar-refractivity contribution >= 4 is 29.9 Å². The maximum absolute atomic E-state index is 12.0. The van der Waals surface area contributed by atoms with Gasteiger partial charge < -0.3 is 15.4 Å². The summed E-state index contributed by atoms with van der Waals surface area (Å²) in [6.45, 7) is 5.10. The van der Waals surface area contributed by atoms with E-state index in [-0.39, 0.29) is 24.4 Å². The number of ether oxygens (including phenoxy) is 1. The molecule has 0 atom stereocenters. The van der Waals surface area contributed by atoms with E-state index in [1.165, 1.54) is 0 Å². The second-order valence-electron chi connectivity index (χ2n) is 4.17. The molecule has 0 saturated heterocycles. The first-order valence-corrected chi connectivity index (χ1v) is 6.31. The molecule has 108 valence electrons. The molecule has 1 rings (SSSR count). The van der Waals surface area contributed by atoms with E-state index in [0.29, 0.717) is 29.4 Å². The third kappa shape index (κ3) is 6.14. The number of hydrogen-bond donors (Lipinski definition) is 2. The third-order valence-corrected chi connectivity index (χ3v) is 2.44. The molecule has 0 heterocycles.